The van der Waals surface area contributed by atoms with E-state index < -0.39 is 19.0 Å². The average molecular weight is 536 g/mol. The van der Waals surface area contributed by atoms with Crippen LogP contribution >= 0.6 is 0 Å². The Kier molecular flexibility index (Phi) is 195. The van der Waals surface area contributed by atoms with E-state index in [9.17, 15) is 0 Å². The molecular formula is C3H19Cd3O9+. The number of aliphatic hydroxyl groups excluding tert-OH is 2. The largest absolute Gasteiger partial charge is 0.457 e. The maximum absolute atomic E-state index is 7.96. The van der Waals surface area contributed by atoms with Gasteiger partial charge in [0.1, 0.15) is 0 Å². The fourth-order valence-electron chi connectivity index (χ4n) is 0.189. The summed E-state index contributed by atoms with van der Waals surface area (Å²) in [5, 5.41) is 31.8. The number of aliphatic hydroxyl groups is 4. The van der Waals surface area contributed by atoms with Gasteiger partial charge in [0.25, 0.3) is 0 Å². The van der Waals surface area contributed by atoms with E-state index in [-0.39, 0.29) is 109 Å². The van der Waals surface area contributed by atoms with Gasteiger partial charge in [0, 0.05) is 88.3 Å². The normalized spacial score (nSPS) is 5.20. The Labute approximate surface area is 147 Å². The molecule has 0 aliphatic heterocycles. The molecular weight excluding hydrogens is 517 g/mol. The second kappa shape index (κ2) is 44.0. The van der Waals surface area contributed by atoms with E-state index in [4.69, 9.17) is 20.4 Å². The third kappa shape index (κ3) is 83.0. The zero-order chi connectivity index (χ0) is 5.86. The van der Waals surface area contributed by atoms with Crippen LogP contribution in [0, 0.1) is 0 Å². The van der Waals surface area contributed by atoms with Crippen LogP contribution in [-0.2, 0) is 87.4 Å². The van der Waals surface area contributed by atoms with E-state index in [1.165, 1.54) is 0 Å². The molecule has 0 bridgehead atoms. The van der Waals surface area contributed by atoms with Crippen molar-refractivity contribution in [2.24, 2.45) is 0 Å². The molecule has 0 saturated heterocycles. The van der Waals surface area contributed by atoms with Crippen LogP contribution in [0.25, 0.3) is 0 Å². The van der Waals surface area contributed by atoms with E-state index in [2.05, 4.69) is 0 Å². The van der Waals surface area contributed by atoms with Crippen molar-refractivity contribution in [3.05, 3.63) is 0 Å². The molecule has 0 amide bonds. The predicted octanol–water partition coefficient (Wildman–Crippen LogP) is -6.23. The predicted molar refractivity (Wildman–Crippen MR) is 40.4 cm³/mol. The maximum atomic E-state index is 7.96. The molecule has 15 heavy (non-hydrogen) atoms. The van der Waals surface area contributed by atoms with Crippen molar-refractivity contribution in [2.45, 2.75) is 19.0 Å². The molecule has 0 heterocycles. The van der Waals surface area contributed by atoms with Gasteiger partial charge in [-0.05, 0) is 0 Å². The van der Waals surface area contributed by atoms with Gasteiger partial charge in [0.15, 0.2) is 12.6 Å². The minimum absolute atomic E-state index is 0. The Hall–Kier alpha value is 2.41. The van der Waals surface area contributed by atoms with Crippen LogP contribution < -0.4 is 0 Å². The zero-order valence-electron chi connectivity index (χ0n) is 8.35. The van der Waals surface area contributed by atoms with Gasteiger partial charge in [-0.3, -0.25) is 0 Å². The fourth-order valence-corrected chi connectivity index (χ4v) is 0.189. The second-order valence-electron chi connectivity index (χ2n) is 1.20. The van der Waals surface area contributed by atoms with E-state index >= 15 is 0 Å². The first-order valence-corrected chi connectivity index (χ1v) is 1.85. The van der Waals surface area contributed by atoms with Gasteiger partial charge in [-0.1, -0.05) is 0 Å². The zero-order valence-corrected chi connectivity index (χ0v) is 20.5. The van der Waals surface area contributed by atoms with Crippen molar-refractivity contribution >= 4 is 0 Å². The Morgan fingerprint density at radius 3 is 0.733 bits per heavy atom. The molecule has 0 spiro atoms. The first-order chi connectivity index (χ1) is 3.13. The van der Waals surface area contributed by atoms with Gasteiger partial charge >= 0.3 is 0 Å². The third-order valence-corrected chi connectivity index (χ3v) is 0.422. The van der Waals surface area contributed by atoms with Crippen molar-refractivity contribution < 1.29 is 130 Å². The minimum atomic E-state index is -1.63. The quantitative estimate of drug-likeness (QED) is 0.153. The maximum Gasteiger partial charge on any atom is 0.156 e. The molecule has 0 unspecified atom stereocenters. The number of hydrogen-bond donors (Lipinski definition) is 4. The van der Waals surface area contributed by atoms with Crippen LogP contribution in [0.5, 0.6) is 0 Å². The summed E-state index contributed by atoms with van der Waals surface area (Å²) in [6, 6.07) is 0. The SMILES string of the molecule is O.O.O.O.OC(O)CC(O)O.[Cd].[Cd].[Cd].[OH3+]. The molecule has 0 atom stereocenters. The number of rotatable bonds is 2. The average Bonchev–Trinajstić information content (AvgIpc) is 1.27. The van der Waals surface area contributed by atoms with Crippen molar-refractivity contribution in [1.82, 2.24) is 0 Å². The molecule has 0 aromatic rings. The molecule has 9 nitrogen and oxygen atoms in total. The molecule has 0 aliphatic carbocycles. The molecule has 0 rings (SSSR count). The summed E-state index contributed by atoms with van der Waals surface area (Å²) in [4.78, 5) is 0. The Balaban J connectivity index is -0.00000000643. The van der Waals surface area contributed by atoms with Crippen LogP contribution in [0.1, 0.15) is 6.42 Å². The second-order valence-corrected chi connectivity index (χ2v) is 1.20. The summed E-state index contributed by atoms with van der Waals surface area (Å²) in [6.07, 6.45) is -3.67. The summed E-state index contributed by atoms with van der Waals surface area (Å²) >= 11 is 0. The standard InChI is InChI=1S/C3H8O4.3Cd.5H2O/c4-2(5)1-3(6)7;;;;;;;;/h2-7H,1H2;;;;5*1H2/p+1. The van der Waals surface area contributed by atoms with Crippen LogP contribution in [0.15, 0.2) is 0 Å². The van der Waals surface area contributed by atoms with Crippen LogP contribution in [0.2, 0.25) is 0 Å². The van der Waals surface area contributed by atoms with Gasteiger partial charge in [-0.15, -0.1) is 0 Å². The molecule has 0 aliphatic rings. The molecule has 90 valence electrons. The molecule has 0 saturated carbocycles. The van der Waals surface area contributed by atoms with Crippen molar-refractivity contribution in [3.8, 4) is 0 Å². The molecule has 0 radical (unpaired) electrons. The summed E-state index contributed by atoms with van der Waals surface area (Å²) < 4.78 is 0. The molecule has 0 aromatic carbocycles. The van der Waals surface area contributed by atoms with E-state index in [1.807, 2.05) is 0 Å². The summed E-state index contributed by atoms with van der Waals surface area (Å²) in [5.41, 5.74) is 0. The summed E-state index contributed by atoms with van der Waals surface area (Å²) in [7, 11) is 0. The third-order valence-electron chi connectivity index (χ3n) is 0.422. The van der Waals surface area contributed by atoms with Crippen molar-refractivity contribution in [2.75, 3.05) is 0 Å². The Morgan fingerprint density at radius 1 is 0.600 bits per heavy atom. The van der Waals surface area contributed by atoms with Gasteiger partial charge in [-0.25, -0.2) is 0 Å². The van der Waals surface area contributed by atoms with Gasteiger partial charge in [-0.2, -0.15) is 0 Å². The first kappa shape index (κ1) is 66.3. The number of hydrogen-bond acceptors (Lipinski definition) is 4. The fraction of sp³-hybridized carbons (Fsp3) is 1.00. The van der Waals surface area contributed by atoms with E-state index in [0.717, 1.165) is 0 Å². The van der Waals surface area contributed by atoms with Crippen LogP contribution in [-0.4, -0.2) is 54.9 Å². The Bertz CT molecular complexity index is 49.9. The van der Waals surface area contributed by atoms with Gasteiger partial charge < -0.3 is 47.8 Å². The molecule has 0 fully saturated rings. The molecule has 12 heteroatoms. The summed E-state index contributed by atoms with van der Waals surface area (Å²) in [6.45, 7) is 0. The molecule has 15 N–H and O–H groups in total. The monoisotopic (exact) mass is 541 g/mol. The smallest absolute Gasteiger partial charge is 0.156 e. The minimum Gasteiger partial charge on any atom is -0.457 e. The summed E-state index contributed by atoms with van der Waals surface area (Å²) in [5.74, 6) is 0. The van der Waals surface area contributed by atoms with Crippen LogP contribution in [0.4, 0.5) is 0 Å². The van der Waals surface area contributed by atoms with Gasteiger partial charge in [0.05, 0.1) is 0 Å². The van der Waals surface area contributed by atoms with Gasteiger partial charge in [0.2, 0.25) is 0 Å². The topological polar surface area (TPSA) is 240 Å². The molecule has 0 aromatic heterocycles. The van der Waals surface area contributed by atoms with Crippen molar-refractivity contribution in [3.63, 3.8) is 0 Å². The first-order valence-electron chi connectivity index (χ1n) is 1.85. The van der Waals surface area contributed by atoms with E-state index in [0.29, 0.717) is 0 Å². The van der Waals surface area contributed by atoms with Crippen LogP contribution in [0.3, 0.4) is 0 Å². The Morgan fingerprint density at radius 2 is 0.733 bits per heavy atom. The van der Waals surface area contributed by atoms with Crippen molar-refractivity contribution in [1.29, 1.82) is 0 Å². The van der Waals surface area contributed by atoms with E-state index in [1.54, 1.807) is 0 Å².